The lowest BCUT2D eigenvalue weighted by Crippen LogP contribution is -2.47. The molecule has 2 atom stereocenters. The van der Waals surface area contributed by atoms with Crippen LogP contribution in [0.3, 0.4) is 0 Å². The van der Waals surface area contributed by atoms with Gasteiger partial charge >= 0.3 is 11.8 Å². The number of hydrogen-bond acceptors (Lipinski definition) is 2. The van der Waals surface area contributed by atoms with Crippen LogP contribution in [0.15, 0.2) is 12.7 Å². The van der Waals surface area contributed by atoms with Crippen LogP contribution in [0.2, 0.25) is 0 Å². The topological polar surface area (TPSA) is 58.2 Å². The zero-order valence-electron chi connectivity index (χ0n) is 9.79. The molecule has 90 valence electrons. The zero-order chi connectivity index (χ0) is 12.0. The number of hydrogen-bond donors (Lipinski definition) is 2. The second-order valence-electron chi connectivity index (χ2n) is 4.34. The molecule has 0 unspecified atom stereocenters. The van der Waals surface area contributed by atoms with Crippen LogP contribution in [0.5, 0.6) is 0 Å². The second-order valence-corrected chi connectivity index (χ2v) is 4.34. The highest BCUT2D eigenvalue weighted by Crippen LogP contribution is 2.23. The molecule has 0 aromatic heterocycles. The van der Waals surface area contributed by atoms with Gasteiger partial charge in [-0.1, -0.05) is 25.8 Å². The summed E-state index contributed by atoms with van der Waals surface area (Å²) in [4.78, 5) is 22.8. The number of rotatable bonds is 3. The standard InChI is InChI=1S/C12H20N2O2/c1-3-8-13-11(15)12(16)14-10-7-5-4-6-9(10)2/h3,9-10H,1,4-8H2,2H3,(H,13,15)(H,14,16)/t9-,10+/m1/s1. The highest BCUT2D eigenvalue weighted by atomic mass is 16.2. The molecule has 0 radical (unpaired) electrons. The molecule has 0 heterocycles. The van der Waals surface area contributed by atoms with E-state index in [0.717, 1.165) is 19.3 Å². The average Bonchev–Trinajstić information content (AvgIpc) is 2.28. The third kappa shape index (κ3) is 3.68. The summed E-state index contributed by atoms with van der Waals surface area (Å²) in [5.41, 5.74) is 0. The molecule has 0 bridgehead atoms. The summed E-state index contributed by atoms with van der Waals surface area (Å²) in [6.07, 6.45) is 6.00. The first-order chi connectivity index (χ1) is 7.65. The Morgan fingerprint density at radius 3 is 2.62 bits per heavy atom. The molecule has 0 spiro atoms. The summed E-state index contributed by atoms with van der Waals surface area (Å²) in [5.74, 6) is -0.636. The van der Waals surface area contributed by atoms with E-state index < -0.39 is 11.8 Å². The molecule has 1 saturated carbocycles. The molecule has 1 aliphatic carbocycles. The lowest BCUT2D eigenvalue weighted by Gasteiger charge is -2.29. The van der Waals surface area contributed by atoms with E-state index in [1.165, 1.54) is 6.42 Å². The van der Waals surface area contributed by atoms with Crippen LogP contribution in [0, 0.1) is 5.92 Å². The third-order valence-electron chi connectivity index (χ3n) is 3.04. The highest BCUT2D eigenvalue weighted by Gasteiger charge is 2.24. The van der Waals surface area contributed by atoms with Gasteiger partial charge in [0.2, 0.25) is 0 Å². The lowest BCUT2D eigenvalue weighted by atomic mass is 9.86. The third-order valence-corrected chi connectivity index (χ3v) is 3.04. The minimum absolute atomic E-state index is 0.149. The number of carbonyl (C=O) groups excluding carboxylic acids is 2. The van der Waals surface area contributed by atoms with Crippen molar-refractivity contribution in [2.75, 3.05) is 6.54 Å². The number of amides is 2. The van der Waals surface area contributed by atoms with Crippen LogP contribution >= 0.6 is 0 Å². The van der Waals surface area contributed by atoms with Gasteiger partial charge in [0.25, 0.3) is 0 Å². The Labute approximate surface area is 96.5 Å². The van der Waals surface area contributed by atoms with Gasteiger partial charge in [0.05, 0.1) is 0 Å². The summed E-state index contributed by atoms with van der Waals surface area (Å²) >= 11 is 0. The van der Waals surface area contributed by atoms with Crippen LogP contribution in [-0.2, 0) is 9.59 Å². The maximum atomic E-state index is 11.5. The Bertz CT molecular complexity index is 276. The van der Waals surface area contributed by atoms with Crippen molar-refractivity contribution in [1.29, 1.82) is 0 Å². The largest absolute Gasteiger partial charge is 0.345 e. The van der Waals surface area contributed by atoms with Crippen LogP contribution < -0.4 is 10.6 Å². The molecule has 4 heteroatoms. The Morgan fingerprint density at radius 1 is 1.31 bits per heavy atom. The van der Waals surface area contributed by atoms with Crippen LogP contribution in [-0.4, -0.2) is 24.4 Å². The van der Waals surface area contributed by atoms with Crippen molar-refractivity contribution in [2.45, 2.75) is 38.6 Å². The summed E-state index contributed by atoms with van der Waals surface area (Å²) in [5, 5.41) is 5.26. The SMILES string of the molecule is C=CCNC(=O)C(=O)N[C@H]1CCCC[C@H]1C. The lowest BCUT2D eigenvalue weighted by molar-refractivity contribution is -0.139. The maximum absolute atomic E-state index is 11.5. The zero-order valence-corrected chi connectivity index (χ0v) is 9.79. The van der Waals surface area contributed by atoms with Gasteiger partial charge in [-0.25, -0.2) is 0 Å². The average molecular weight is 224 g/mol. The van der Waals surface area contributed by atoms with Gasteiger partial charge in [-0.05, 0) is 18.8 Å². The molecular formula is C12H20N2O2. The monoisotopic (exact) mass is 224 g/mol. The molecule has 0 aromatic carbocycles. The van der Waals surface area contributed by atoms with E-state index in [1.807, 2.05) is 0 Å². The van der Waals surface area contributed by atoms with Crippen molar-refractivity contribution in [3.05, 3.63) is 12.7 Å². The molecule has 16 heavy (non-hydrogen) atoms. The van der Waals surface area contributed by atoms with Gasteiger partial charge < -0.3 is 10.6 Å². The summed E-state index contributed by atoms with van der Waals surface area (Å²) < 4.78 is 0. The van der Waals surface area contributed by atoms with E-state index in [-0.39, 0.29) is 6.04 Å². The smallest absolute Gasteiger partial charge is 0.309 e. The van der Waals surface area contributed by atoms with Gasteiger partial charge in [0.15, 0.2) is 0 Å². The molecule has 2 amide bonds. The van der Waals surface area contributed by atoms with Gasteiger partial charge in [-0.3, -0.25) is 9.59 Å². The van der Waals surface area contributed by atoms with Crippen LogP contribution in [0.25, 0.3) is 0 Å². The van der Waals surface area contributed by atoms with Crippen LogP contribution in [0.1, 0.15) is 32.6 Å². The van der Waals surface area contributed by atoms with E-state index in [9.17, 15) is 9.59 Å². The summed E-state index contributed by atoms with van der Waals surface area (Å²) in [7, 11) is 0. The number of nitrogens with one attached hydrogen (secondary N) is 2. The van der Waals surface area contributed by atoms with Crippen molar-refractivity contribution in [3.63, 3.8) is 0 Å². The molecule has 4 nitrogen and oxygen atoms in total. The molecule has 1 aliphatic rings. The molecule has 1 fully saturated rings. The van der Waals surface area contributed by atoms with Crippen LogP contribution in [0.4, 0.5) is 0 Å². The quantitative estimate of drug-likeness (QED) is 0.554. The van der Waals surface area contributed by atoms with E-state index in [2.05, 4.69) is 24.1 Å². The Kier molecular flexibility index (Phi) is 5.02. The van der Waals surface area contributed by atoms with Crippen molar-refractivity contribution < 1.29 is 9.59 Å². The van der Waals surface area contributed by atoms with Gasteiger partial charge in [-0.15, -0.1) is 6.58 Å². The minimum atomic E-state index is -0.572. The first-order valence-electron chi connectivity index (χ1n) is 5.84. The predicted molar refractivity (Wildman–Crippen MR) is 62.8 cm³/mol. The fourth-order valence-electron chi connectivity index (χ4n) is 2.01. The second kappa shape index (κ2) is 6.30. The molecule has 2 N–H and O–H groups in total. The van der Waals surface area contributed by atoms with Crippen molar-refractivity contribution in [2.24, 2.45) is 5.92 Å². The first-order valence-corrected chi connectivity index (χ1v) is 5.84. The van der Waals surface area contributed by atoms with Gasteiger partial charge in [0.1, 0.15) is 0 Å². The van der Waals surface area contributed by atoms with Gasteiger partial charge in [-0.2, -0.15) is 0 Å². The predicted octanol–water partition coefficient (Wildman–Crippen LogP) is 0.983. The molecule has 1 rings (SSSR count). The fourth-order valence-corrected chi connectivity index (χ4v) is 2.01. The van der Waals surface area contributed by atoms with E-state index in [1.54, 1.807) is 6.08 Å². The minimum Gasteiger partial charge on any atom is -0.345 e. The van der Waals surface area contributed by atoms with Crippen molar-refractivity contribution in [1.82, 2.24) is 10.6 Å². The maximum Gasteiger partial charge on any atom is 0.309 e. The van der Waals surface area contributed by atoms with E-state index in [4.69, 9.17) is 0 Å². The molecular weight excluding hydrogens is 204 g/mol. The molecule has 0 aliphatic heterocycles. The summed E-state index contributed by atoms with van der Waals surface area (Å²) in [6, 6.07) is 0.149. The fraction of sp³-hybridized carbons (Fsp3) is 0.667. The Hall–Kier alpha value is -1.32. The first kappa shape index (κ1) is 12.7. The Balaban J connectivity index is 2.37. The Morgan fingerprint density at radius 2 is 2.00 bits per heavy atom. The van der Waals surface area contributed by atoms with E-state index in [0.29, 0.717) is 12.5 Å². The van der Waals surface area contributed by atoms with Crippen molar-refractivity contribution >= 4 is 11.8 Å². The van der Waals surface area contributed by atoms with Gasteiger partial charge in [0, 0.05) is 12.6 Å². The highest BCUT2D eigenvalue weighted by molar-refractivity contribution is 6.35. The summed E-state index contributed by atoms with van der Waals surface area (Å²) in [6.45, 7) is 5.92. The normalized spacial score (nSPS) is 24.6. The van der Waals surface area contributed by atoms with Crippen molar-refractivity contribution in [3.8, 4) is 0 Å². The van der Waals surface area contributed by atoms with E-state index >= 15 is 0 Å². The molecule has 0 saturated heterocycles. The number of carbonyl (C=O) groups is 2. The molecule has 0 aromatic rings.